The first-order valence-electron chi connectivity index (χ1n) is 10.6. The van der Waals surface area contributed by atoms with Gasteiger partial charge in [0.2, 0.25) is 0 Å². The molecule has 0 aliphatic rings. The van der Waals surface area contributed by atoms with Crippen LogP contribution >= 0.6 is 0 Å². The smallest absolute Gasteiger partial charge is 0.286 e. The van der Waals surface area contributed by atoms with Crippen LogP contribution in [0.1, 0.15) is 33.9 Å². The Morgan fingerprint density at radius 2 is 1.97 bits per heavy atom. The molecule has 0 aliphatic heterocycles. The van der Waals surface area contributed by atoms with Gasteiger partial charge in [-0.3, -0.25) is 4.79 Å². The minimum atomic E-state index is -0.194. The number of carbonyl (C=O) groups is 1. The van der Waals surface area contributed by atoms with E-state index in [-0.39, 0.29) is 5.91 Å². The van der Waals surface area contributed by atoms with E-state index in [1.807, 2.05) is 24.3 Å². The molecular formula is C25H27N3O3. The summed E-state index contributed by atoms with van der Waals surface area (Å²) in [7, 11) is 0. The maximum absolute atomic E-state index is 12.0. The molecule has 1 N–H and O–H groups in total. The minimum absolute atomic E-state index is 0.194. The number of aryl methyl sites for hydroxylation is 3. The van der Waals surface area contributed by atoms with E-state index in [2.05, 4.69) is 41.9 Å². The van der Waals surface area contributed by atoms with Crippen molar-refractivity contribution >= 4 is 16.9 Å². The first-order chi connectivity index (χ1) is 15.1. The van der Waals surface area contributed by atoms with Crippen LogP contribution in [0.25, 0.3) is 11.0 Å². The second kappa shape index (κ2) is 9.51. The molecule has 2 heterocycles. The third-order valence-corrected chi connectivity index (χ3v) is 5.40. The Balaban J connectivity index is 1.38. The quantitative estimate of drug-likeness (QED) is 0.401. The summed E-state index contributed by atoms with van der Waals surface area (Å²) < 4.78 is 13.3. The summed E-state index contributed by atoms with van der Waals surface area (Å²) in [5.74, 6) is 2.02. The van der Waals surface area contributed by atoms with Crippen molar-refractivity contribution in [2.24, 2.45) is 0 Å². The Bertz CT molecular complexity index is 1160. The van der Waals surface area contributed by atoms with E-state index in [9.17, 15) is 4.79 Å². The third kappa shape index (κ3) is 4.97. The number of benzene rings is 2. The number of imidazole rings is 1. The predicted molar refractivity (Wildman–Crippen MR) is 121 cm³/mol. The van der Waals surface area contributed by atoms with Crippen molar-refractivity contribution in [3.05, 3.63) is 83.6 Å². The van der Waals surface area contributed by atoms with Crippen LogP contribution in [0.3, 0.4) is 0 Å². The molecule has 0 bridgehead atoms. The first-order valence-corrected chi connectivity index (χ1v) is 10.6. The predicted octanol–water partition coefficient (Wildman–Crippen LogP) is 4.69. The maximum Gasteiger partial charge on any atom is 0.286 e. The van der Waals surface area contributed by atoms with Crippen LogP contribution in [0.2, 0.25) is 0 Å². The van der Waals surface area contributed by atoms with Crippen LogP contribution in [-0.2, 0) is 13.0 Å². The molecule has 160 valence electrons. The molecule has 2 aromatic heterocycles. The number of nitrogens with one attached hydrogen (secondary N) is 1. The molecule has 0 saturated heterocycles. The number of nitrogens with zero attached hydrogens (tertiary/aromatic N) is 2. The Kier molecular flexibility index (Phi) is 6.36. The van der Waals surface area contributed by atoms with Gasteiger partial charge in [0.1, 0.15) is 18.2 Å². The number of furan rings is 1. The summed E-state index contributed by atoms with van der Waals surface area (Å²) in [6.07, 6.45) is 3.04. The fourth-order valence-electron chi connectivity index (χ4n) is 3.57. The van der Waals surface area contributed by atoms with E-state index in [1.165, 1.54) is 17.4 Å². The molecule has 0 atom stereocenters. The van der Waals surface area contributed by atoms with Crippen LogP contribution in [0.15, 0.2) is 65.3 Å². The van der Waals surface area contributed by atoms with Crippen molar-refractivity contribution in [1.82, 2.24) is 14.9 Å². The van der Waals surface area contributed by atoms with Gasteiger partial charge in [0.15, 0.2) is 5.76 Å². The summed E-state index contributed by atoms with van der Waals surface area (Å²) in [6.45, 7) is 6.02. The summed E-state index contributed by atoms with van der Waals surface area (Å²) in [6, 6.07) is 17.7. The first kappa shape index (κ1) is 20.7. The number of hydrogen-bond donors (Lipinski definition) is 1. The average molecular weight is 418 g/mol. The van der Waals surface area contributed by atoms with Crippen molar-refractivity contribution in [2.45, 2.75) is 33.2 Å². The van der Waals surface area contributed by atoms with Crippen molar-refractivity contribution in [3.63, 3.8) is 0 Å². The topological polar surface area (TPSA) is 69.3 Å². The molecule has 1 amide bonds. The zero-order valence-electron chi connectivity index (χ0n) is 17.9. The second-order valence-electron chi connectivity index (χ2n) is 7.60. The lowest BCUT2D eigenvalue weighted by molar-refractivity contribution is 0.0925. The molecule has 0 spiro atoms. The summed E-state index contributed by atoms with van der Waals surface area (Å²) in [5.41, 5.74) is 4.56. The van der Waals surface area contributed by atoms with Crippen LogP contribution in [0, 0.1) is 13.8 Å². The lowest BCUT2D eigenvalue weighted by atomic mass is 10.1. The number of amides is 1. The summed E-state index contributed by atoms with van der Waals surface area (Å²) in [5, 5.41) is 2.89. The number of carbonyl (C=O) groups excluding carboxylic acids is 1. The van der Waals surface area contributed by atoms with Gasteiger partial charge in [-0.05, 0) is 67.8 Å². The van der Waals surface area contributed by atoms with Gasteiger partial charge in [0.05, 0.1) is 23.8 Å². The number of fused-ring (bicyclic) bond motifs is 1. The van der Waals surface area contributed by atoms with Gasteiger partial charge in [0.25, 0.3) is 5.91 Å². The van der Waals surface area contributed by atoms with E-state index in [0.717, 1.165) is 35.4 Å². The third-order valence-electron chi connectivity index (χ3n) is 5.40. The van der Waals surface area contributed by atoms with Gasteiger partial charge < -0.3 is 19.0 Å². The monoisotopic (exact) mass is 417 g/mol. The standard InChI is InChI=1S/C25H27N3O3/c1-18-11-12-20(17-19(18)2)30-16-14-28-22-8-4-3-7-21(22)27-24(28)10-5-13-26-25(29)23-9-6-15-31-23/h3-4,6-9,11-12,15,17H,5,10,13-14,16H2,1-2H3,(H,26,29). The van der Waals surface area contributed by atoms with Crippen LogP contribution < -0.4 is 10.1 Å². The maximum atomic E-state index is 12.0. The molecule has 6 nitrogen and oxygen atoms in total. The Hall–Kier alpha value is -3.54. The molecule has 4 rings (SSSR count). The van der Waals surface area contributed by atoms with Crippen LogP contribution in [-0.4, -0.2) is 28.6 Å². The van der Waals surface area contributed by atoms with E-state index in [4.69, 9.17) is 14.1 Å². The Morgan fingerprint density at radius 3 is 2.77 bits per heavy atom. The lowest BCUT2D eigenvalue weighted by Crippen LogP contribution is -2.24. The molecule has 2 aromatic carbocycles. The highest BCUT2D eigenvalue weighted by molar-refractivity contribution is 5.91. The van der Waals surface area contributed by atoms with Crippen molar-refractivity contribution in [1.29, 1.82) is 0 Å². The molecule has 0 saturated carbocycles. The fourth-order valence-corrected chi connectivity index (χ4v) is 3.57. The highest BCUT2D eigenvalue weighted by Gasteiger charge is 2.12. The molecule has 0 aliphatic carbocycles. The van der Waals surface area contributed by atoms with Gasteiger partial charge in [-0.25, -0.2) is 4.98 Å². The highest BCUT2D eigenvalue weighted by atomic mass is 16.5. The SMILES string of the molecule is Cc1ccc(OCCn2c(CCCNC(=O)c3ccco3)nc3ccccc32)cc1C. The van der Waals surface area contributed by atoms with Gasteiger partial charge in [-0.2, -0.15) is 0 Å². The van der Waals surface area contributed by atoms with Gasteiger partial charge >= 0.3 is 0 Å². The van der Waals surface area contributed by atoms with E-state index >= 15 is 0 Å². The zero-order chi connectivity index (χ0) is 21.6. The molecule has 0 fully saturated rings. The molecule has 0 radical (unpaired) electrons. The molecule has 0 unspecified atom stereocenters. The van der Waals surface area contributed by atoms with Crippen LogP contribution in [0.4, 0.5) is 0 Å². The minimum Gasteiger partial charge on any atom is -0.492 e. The average Bonchev–Trinajstić information content (AvgIpc) is 3.42. The summed E-state index contributed by atoms with van der Waals surface area (Å²) >= 11 is 0. The van der Waals surface area contributed by atoms with Crippen molar-refractivity contribution < 1.29 is 13.9 Å². The summed E-state index contributed by atoms with van der Waals surface area (Å²) in [4.78, 5) is 16.8. The lowest BCUT2D eigenvalue weighted by Gasteiger charge is -2.12. The number of rotatable bonds is 9. The molecule has 6 heteroatoms. The number of para-hydroxylation sites is 2. The largest absolute Gasteiger partial charge is 0.492 e. The molecular weight excluding hydrogens is 390 g/mol. The Labute approximate surface area is 181 Å². The van der Waals surface area contributed by atoms with Gasteiger partial charge in [0, 0.05) is 13.0 Å². The highest BCUT2D eigenvalue weighted by Crippen LogP contribution is 2.19. The van der Waals surface area contributed by atoms with Crippen molar-refractivity contribution in [2.75, 3.05) is 13.2 Å². The van der Waals surface area contributed by atoms with Gasteiger partial charge in [-0.15, -0.1) is 0 Å². The number of hydrogen-bond acceptors (Lipinski definition) is 4. The molecule has 4 aromatic rings. The van der Waals surface area contributed by atoms with Gasteiger partial charge in [-0.1, -0.05) is 18.2 Å². The zero-order valence-corrected chi connectivity index (χ0v) is 17.9. The normalized spacial score (nSPS) is 11.0. The Morgan fingerprint density at radius 1 is 1.10 bits per heavy atom. The molecule has 31 heavy (non-hydrogen) atoms. The van der Waals surface area contributed by atoms with E-state index in [1.54, 1.807) is 12.1 Å². The fraction of sp³-hybridized carbons (Fsp3) is 0.280. The van der Waals surface area contributed by atoms with E-state index in [0.29, 0.717) is 25.5 Å². The number of ether oxygens (including phenoxy) is 1. The number of aromatic nitrogens is 2. The van der Waals surface area contributed by atoms with Crippen LogP contribution in [0.5, 0.6) is 5.75 Å². The second-order valence-corrected chi connectivity index (χ2v) is 7.60. The van der Waals surface area contributed by atoms with E-state index < -0.39 is 0 Å². The van der Waals surface area contributed by atoms with Crippen molar-refractivity contribution in [3.8, 4) is 5.75 Å².